The Morgan fingerprint density at radius 2 is 1.96 bits per heavy atom. The van der Waals surface area contributed by atoms with Crippen molar-refractivity contribution < 1.29 is 19.3 Å². The first kappa shape index (κ1) is 19.3. The Labute approximate surface area is 158 Å². The van der Waals surface area contributed by atoms with Gasteiger partial charge in [-0.05, 0) is 40.8 Å². The van der Waals surface area contributed by atoms with Crippen LogP contribution in [-0.2, 0) is 17.6 Å². The molecule has 0 radical (unpaired) electrons. The minimum absolute atomic E-state index is 0.122. The Balaban J connectivity index is 1.84. The van der Waals surface area contributed by atoms with Gasteiger partial charge in [0.15, 0.2) is 0 Å². The van der Waals surface area contributed by atoms with Gasteiger partial charge in [-0.2, -0.15) is 0 Å². The molecule has 2 aromatic rings. The molecule has 0 aromatic heterocycles. The van der Waals surface area contributed by atoms with Crippen LogP contribution in [0.2, 0.25) is 5.02 Å². The second-order valence-corrected chi connectivity index (χ2v) is 7.27. The standard InChI is InChI=1S/C21H24ClFO3/c1-2-13-3-4-14(20(23)7-13)8-16-9-15(5-6-19(16)22)21-11-17(25)10-18(12-24)26-21/h3-7,9,17-18,21,24-25H,2,8,10-12H2,1H3/t17-,18-,21+/m0/s1. The molecular formula is C21H24ClFO3. The van der Waals surface area contributed by atoms with Crippen LogP contribution in [0.25, 0.3) is 0 Å². The van der Waals surface area contributed by atoms with Crippen molar-refractivity contribution in [3.8, 4) is 0 Å². The van der Waals surface area contributed by atoms with Crippen molar-refractivity contribution in [1.29, 1.82) is 0 Å². The number of aryl methyl sites for hydroxylation is 1. The molecule has 0 bridgehead atoms. The zero-order valence-electron chi connectivity index (χ0n) is 14.8. The van der Waals surface area contributed by atoms with Crippen LogP contribution in [0.15, 0.2) is 36.4 Å². The van der Waals surface area contributed by atoms with E-state index in [0.717, 1.165) is 23.1 Å². The Kier molecular flexibility index (Phi) is 6.30. The van der Waals surface area contributed by atoms with Gasteiger partial charge in [-0.15, -0.1) is 0 Å². The predicted octanol–water partition coefficient (Wildman–Crippen LogP) is 4.21. The molecule has 2 aromatic carbocycles. The Bertz CT molecular complexity index is 765. The quantitative estimate of drug-likeness (QED) is 0.819. The lowest BCUT2D eigenvalue weighted by Crippen LogP contribution is -2.33. The van der Waals surface area contributed by atoms with Gasteiger partial charge in [0.2, 0.25) is 0 Å². The van der Waals surface area contributed by atoms with E-state index in [0.29, 0.717) is 29.8 Å². The minimum Gasteiger partial charge on any atom is -0.394 e. The van der Waals surface area contributed by atoms with Gasteiger partial charge in [0.1, 0.15) is 5.82 Å². The molecule has 140 valence electrons. The molecule has 1 fully saturated rings. The van der Waals surface area contributed by atoms with Crippen molar-refractivity contribution in [3.63, 3.8) is 0 Å². The number of hydrogen-bond acceptors (Lipinski definition) is 3. The zero-order chi connectivity index (χ0) is 18.7. The third-order valence-corrected chi connectivity index (χ3v) is 5.30. The van der Waals surface area contributed by atoms with Gasteiger partial charge in [0, 0.05) is 24.3 Å². The predicted molar refractivity (Wildman–Crippen MR) is 100.0 cm³/mol. The fourth-order valence-electron chi connectivity index (χ4n) is 3.41. The SMILES string of the molecule is CCc1ccc(Cc2cc([C@H]3C[C@@H](O)C[C@@H](CO)O3)ccc2Cl)c(F)c1. The first-order chi connectivity index (χ1) is 12.5. The molecule has 0 unspecified atom stereocenters. The minimum atomic E-state index is -0.510. The molecule has 1 saturated heterocycles. The van der Waals surface area contributed by atoms with Crippen LogP contribution >= 0.6 is 11.6 Å². The molecule has 1 heterocycles. The van der Waals surface area contributed by atoms with E-state index in [4.69, 9.17) is 16.3 Å². The lowest BCUT2D eigenvalue weighted by molar-refractivity contribution is -0.113. The normalized spacial score (nSPS) is 23.2. The summed E-state index contributed by atoms with van der Waals surface area (Å²) < 4.78 is 20.2. The summed E-state index contributed by atoms with van der Waals surface area (Å²) in [6, 6.07) is 10.9. The van der Waals surface area contributed by atoms with Gasteiger partial charge in [-0.1, -0.05) is 42.8 Å². The molecule has 3 rings (SSSR count). The van der Waals surface area contributed by atoms with Crippen LogP contribution in [0.1, 0.15) is 48.1 Å². The lowest BCUT2D eigenvalue weighted by atomic mass is 9.93. The Morgan fingerprint density at radius 3 is 2.65 bits per heavy atom. The van der Waals surface area contributed by atoms with E-state index < -0.39 is 6.10 Å². The van der Waals surface area contributed by atoms with E-state index in [-0.39, 0.29) is 24.6 Å². The molecule has 1 aliphatic rings. The first-order valence-electron chi connectivity index (χ1n) is 9.00. The smallest absolute Gasteiger partial charge is 0.127 e. The van der Waals surface area contributed by atoms with Crippen LogP contribution in [0.5, 0.6) is 0 Å². The molecular weight excluding hydrogens is 355 g/mol. The van der Waals surface area contributed by atoms with Gasteiger partial charge in [-0.25, -0.2) is 4.39 Å². The van der Waals surface area contributed by atoms with E-state index in [1.54, 1.807) is 18.2 Å². The number of halogens is 2. The van der Waals surface area contributed by atoms with Crippen molar-refractivity contribution >= 4 is 11.6 Å². The molecule has 1 aliphatic heterocycles. The second kappa shape index (κ2) is 8.49. The van der Waals surface area contributed by atoms with Gasteiger partial charge in [0.25, 0.3) is 0 Å². The van der Waals surface area contributed by atoms with Crippen LogP contribution in [0, 0.1) is 5.82 Å². The molecule has 2 N–H and O–H groups in total. The van der Waals surface area contributed by atoms with Gasteiger partial charge in [0.05, 0.1) is 24.9 Å². The highest BCUT2D eigenvalue weighted by Gasteiger charge is 2.29. The number of benzene rings is 2. The number of rotatable bonds is 5. The Hall–Kier alpha value is -1.46. The molecule has 0 amide bonds. The molecule has 3 nitrogen and oxygen atoms in total. The molecule has 26 heavy (non-hydrogen) atoms. The van der Waals surface area contributed by atoms with Crippen molar-refractivity contribution in [1.82, 2.24) is 0 Å². The molecule has 5 heteroatoms. The summed E-state index contributed by atoms with van der Waals surface area (Å²) in [5, 5.41) is 19.9. The zero-order valence-corrected chi connectivity index (χ0v) is 15.5. The largest absolute Gasteiger partial charge is 0.394 e. The number of ether oxygens (including phenoxy) is 1. The summed E-state index contributed by atoms with van der Waals surface area (Å²) in [5.41, 5.74) is 3.26. The van der Waals surface area contributed by atoms with Crippen molar-refractivity contribution in [2.45, 2.75) is 50.9 Å². The summed E-state index contributed by atoms with van der Waals surface area (Å²) in [5.74, 6) is -0.226. The maximum Gasteiger partial charge on any atom is 0.127 e. The van der Waals surface area contributed by atoms with Gasteiger partial charge in [-0.3, -0.25) is 0 Å². The van der Waals surface area contributed by atoms with Gasteiger partial charge >= 0.3 is 0 Å². The molecule has 0 aliphatic carbocycles. The van der Waals surface area contributed by atoms with Crippen LogP contribution in [-0.4, -0.2) is 29.0 Å². The van der Waals surface area contributed by atoms with Crippen molar-refractivity contribution in [3.05, 3.63) is 69.5 Å². The number of aliphatic hydroxyl groups is 2. The molecule has 0 spiro atoms. The topological polar surface area (TPSA) is 49.7 Å². The average molecular weight is 379 g/mol. The summed E-state index contributed by atoms with van der Waals surface area (Å²) in [6.45, 7) is 1.87. The lowest BCUT2D eigenvalue weighted by Gasteiger charge is -2.32. The highest BCUT2D eigenvalue weighted by atomic mass is 35.5. The highest BCUT2D eigenvalue weighted by molar-refractivity contribution is 6.31. The summed E-state index contributed by atoms with van der Waals surface area (Å²) >= 11 is 6.33. The maximum absolute atomic E-state index is 14.3. The van der Waals surface area contributed by atoms with E-state index in [9.17, 15) is 14.6 Å². The summed E-state index contributed by atoms with van der Waals surface area (Å²) in [6.07, 6.45) is 0.895. The number of hydrogen-bond donors (Lipinski definition) is 2. The van der Waals surface area contributed by atoms with E-state index in [2.05, 4.69) is 0 Å². The van der Waals surface area contributed by atoms with E-state index >= 15 is 0 Å². The third-order valence-electron chi connectivity index (χ3n) is 4.93. The van der Waals surface area contributed by atoms with Crippen LogP contribution in [0.4, 0.5) is 4.39 Å². The summed E-state index contributed by atoms with van der Waals surface area (Å²) in [4.78, 5) is 0. The van der Waals surface area contributed by atoms with Crippen LogP contribution < -0.4 is 0 Å². The van der Waals surface area contributed by atoms with E-state index in [1.165, 1.54) is 0 Å². The summed E-state index contributed by atoms with van der Waals surface area (Å²) in [7, 11) is 0. The fraction of sp³-hybridized carbons (Fsp3) is 0.429. The monoisotopic (exact) mass is 378 g/mol. The average Bonchev–Trinajstić information content (AvgIpc) is 2.64. The van der Waals surface area contributed by atoms with Crippen molar-refractivity contribution in [2.24, 2.45) is 0 Å². The molecule has 3 atom stereocenters. The van der Waals surface area contributed by atoms with E-state index in [1.807, 2.05) is 25.1 Å². The van der Waals surface area contributed by atoms with Crippen molar-refractivity contribution in [2.75, 3.05) is 6.61 Å². The van der Waals surface area contributed by atoms with Gasteiger partial charge < -0.3 is 14.9 Å². The molecule has 0 saturated carbocycles. The second-order valence-electron chi connectivity index (χ2n) is 6.86. The number of aliphatic hydroxyl groups excluding tert-OH is 2. The third kappa shape index (κ3) is 4.44. The Morgan fingerprint density at radius 1 is 1.15 bits per heavy atom. The maximum atomic E-state index is 14.3. The van der Waals surface area contributed by atoms with Crippen LogP contribution in [0.3, 0.4) is 0 Å². The highest BCUT2D eigenvalue weighted by Crippen LogP contribution is 2.34. The first-order valence-corrected chi connectivity index (χ1v) is 9.38. The fourth-order valence-corrected chi connectivity index (χ4v) is 3.60.